The first-order chi connectivity index (χ1) is 13.6. The van der Waals surface area contributed by atoms with Crippen LogP contribution in [0, 0.1) is 11.7 Å². The van der Waals surface area contributed by atoms with Crippen molar-refractivity contribution in [2.75, 3.05) is 14.2 Å². The van der Waals surface area contributed by atoms with E-state index in [2.05, 4.69) is 10.2 Å². The molecule has 0 aliphatic carbocycles. The van der Waals surface area contributed by atoms with Crippen LogP contribution in [0.2, 0.25) is 0 Å². The first-order valence-electron chi connectivity index (χ1n) is 8.97. The molecule has 0 fully saturated rings. The van der Waals surface area contributed by atoms with Gasteiger partial charge in [0.05, 0.1) is 14.2 Å². The van der Waals surface area contributed by atoms with E-state index >= 15 is 0 Å². The smallest absolute Gasteiger partial charge is 0.198 e. The molecule has 2 aromatic carbocycles. The summed E-state index contributed by atoms with van der Waals surface area (Å²) in [6, 6.07) is 13.9. The van der Waals surface area contributed by atoms with E-state index in [1.54, 1.807) is 14.2 Å². The van der Waals surface area contributed by atoms with Crippen LogP contribution in [0.3, 0.4) is 0 Å². The van der Waals surface area contributed by atoms with Gasteiger partial charge in [0.25, 0.3) is 0 Å². The summed E-state index contributed by atoms with van der Waals surface area (Å²) in [5.41, 5.74) is 3.01. The molecule has 2 aromatic heterocycles. The molecule has 0 bridgehead atoms. The third-order valence-electron chi connectivity index (χ3n) is 4.88. The second-order valence-electron chi connectivity index (χ2n) is 6.50. The highest BCUT2D eigenvalue weighted by molar-refractivity contribution is 7.71. The monoisotopic (exact) mass is 395 g/mol. The lowest BCUT2D eigenvalue weighted by molar-refractivity contribution is 0.354. The minimum Gasteiger partial charge on any atom is -0.493 e. The SMILES string of the molecule is COc1ccc(CCn2c(-c3oc4ccccc4c3C)n[nH]c2=S)cc1OC. The predicted molar refractivity (Wildman–Crippen MR) is 111 cm³/mol. The molecule has 4 aromatic rings. The number of hydrogen-bond acceptors (Lipinski definition) is 5. The van der Waals surface area contributed by atoms with Crippen molar-refractivity contribution < 1.29 is 13.9 Å². The molecule has 2 heterocycles. The normalized spacial score (nSPS) is 11.1. The van der Waals surface area contributed by atoms with Crippen LogP contribution < -0.4 is 9.47 Å². The average molecular weight is 395 g/mol. The lowest BCUT2D eigenvalue weighted by Crippen LogP contribution is -2.04. The molecular formula is C21H21N3O3S. The Morgan fingerprint density at radius 1 is 1.11 bits per heavy atom. The molecule has 1 N–H and O–H groups in total. The molecule has 0 saturated heterocycles. The largest absolute Gasteiger partial charge is 0.493 e. The van der Waals surface area contributed by atoms with Crippen molar-refractivity contribution in [3.05, 3.63) is 58.4 Å². The van der Waals surface area contributed by atoms with E-state index in [0.29, 0.717) is 28.6 Å². The summed E-state index contributed by atoms with van der Waals surface area (Å²) >= 11 is 5.46. The molecular weight excluding hydrogens is 374 g/mol. The van der Waals surface area contributed by atoms with Gasteiger partial charge in [-0.05, 0) is 49.3 Å². The minimum absolute atomic E-state index is 0.565. The summed E-state index contributed by atoms with van der Waals surface area (Å²) in [7, 11) is 3.26. The summed E-state index contributed by atoms with van der Waals surface area (Å²) in [5.74, 6) is 2.87. The van der Waals surface area contributed by atoms with Gasteiger partial charge in [-0.3, -0.25) is 9.67 Å². The van der Waals surface area contributed by atoms with Crippen LogP contribution in [0.15, 0.2) is 46.9 Å². The van der Waals surface area contributed by atoms with Crippen molar-refractivity contribution in [3.63, 3.8) is 0 Å². The number of benzene rings is 2. The van der Waals surface area contributed by atoms with Crippen LogP contribution in [-0.2, 0) is 13.0 Å². The lowest BCUT2D eigenvalue weighted by atomic mass is 10.1. The third-order valence-corrected chi connectivity index (χ3v) is 5.19. The number of aromatic amines is 1. The highest BCUT2D eigenvalue weighted by Crippen LogP contribution is 2.32. The fraction of sp³-hybridized carbons (Fsp3) is 0.238. The highest BCUT2D eigenvalue weighted by Gasteiger charge is 2.18. The van der Waals surface area contributed by atoms with Gasteiger partial charge in [0.1, 0.15) is 5.58 Å². The zero-order chi connectivity index (χ0) is 19.7. The fourth-order valence-corrected chi connectivity index (χ4v) is 3.59. The van der Waals surface area contributed by atoms with E-state index in [1.165, 1.54) is 0 Å². The molecule has 0 spiro atoms. The van der Waals surface area contributed by atoms with Crippen LogP contribution in [-0.4, -0.2) is 29.0 Å². The third kappa shape index (κ3) is 3.18. The number of furan rings is 1. The highest BCUT2D eigenvalue weighted by atomic mass is 32.1. The van der Waals surface area contributed by atoms with Gasteiger partial charge in [-0.15, -0.1) is 0 Å². The fourth-order valence-electron chi connectivity index (χ4n) is 3.36. The van der Waals surface area contributed by atoms with Gasteiger partial charge >= 0.3 is 0 Å². The summed E-state index contributed by atoms with van der Waals surface area (Å²) in [6.07, 6.45) is 0.764. The van der Waals surface area contributed by atoms with Crippen LogP contribution in [0.1, 0.15) is 11.1 Å². The number of aromatic nitrogens is 3. The van der Waals surface area contributed by atoms with Gasteiger partial charge in [0.15, 0.2) is 27.9 Å². The molecule has 6 nitrogen and oxygen atoms in total. The first-order valence-corrected chi connectivity index (χ1v) is 9.37. The summed E-state index contributed by atoms with van der Waals surface area (Å²) in [4.78, 5) is 0. The maximum absolute atomic E-state index is 6.07. The van der Waals surface area contributed by atoms with Gasteiger partial charge in [0.2, 0.25) is 0 Å². The number of aryl methyl sites for hydroxylation is 2. The average Bonchev–Trinajstić information content (AvgIpc) is 3.25. The van der Waals surface area contributed by atoms with Crippen LogP contribution in [0.25, 0.3) is 22.6 Å². The summed E-state index contributed by atoms with van der Waals surface area (Å²) in [5, 5.41) is 8.40. The van der Waals surface area contributed by atoms with E-state index < -0.39 is 0 Å². The molecule has 0 radical (unpaired) electrons. The Morgan fingerprint density at radius 3 is 2.64 bits per heavy atom. The van der Waals surface area contributed by atoms with Crippen molar-refractivity contribution >= 4 is 23.2 Å². The first kappa shape index (κ1) is 18.3. The van der Waals surface area contributed by atoms with Crippen molar-refractivity contribution in [1.29, 1.82) is 0 Å². The molecule has 0 amide bonds. The van der Waals surface area contributed by atoms with Gasteiger partial charge in [0, 0.05) is 17.5 Å². The van der Waals surface area contributed by atoms with Crippen LogP contribution >= 0.6 is 12.2 Å². The maximum Gasteiger partial charge on any atom is 0.198 e. The van der Waals surface area contributed by atoms with Crippen molar-refractivity contribution in [2.24, 2.45) is 0 Å². The summed E-state index contributed by atoms with van der Waals surface area (Å²) in [6.45, 7) is 2.70. The van der Waals surface area contributed by atoms with E-state index in [4.69, 9.17) is 26.1 Å². The molecule has 0 unspecified atom stereocenters. The van der Waals surface area contributed by atoms with E-state index in [9.17, 15) is 0 Å². The van der Waals surface area contributed by atoms with Crippen molar-refractivity contribution in [2.45, 2.75) is 19.9 Å². The van der Waals surface area contributed by atoms with Crippen molar-refractivity contribution in [1.82, 2.24) is 14.8 Å². The number of para-hydroxylation sites is 1. The number of ether oxygens (including phenoxy) is 2. The van der Waals surface area contributed by atoms with E-state index in [1.807, 2.05) is 54.0 Å². The maximum atomic E-state index is 6.07. The Labute approximate surface area is 167 Å². The zero-order valence-electron chi connectivity index (χ0n) is 16.0. The zero-order valence-corrected chi connectivity index (χ0v) is 16.8. The predicted octanol–water partition coefficient (Wildman–Crippen LogP) is 4.92. The number of H-pyrrole nitrogens is 1. The Morgan fingerprint density at radius 2 is 1.89 bits per heavy atom. The number of hydrogen-bond donors (Lipinski definition) is 1. The van der Waals surface area contributed by atoms with Gasteiger partial charge < -0.3 is 13.9 Å². The van der Waals surface area contributed by atoms with Crippen LogP contribution in [0.4, 0.5) is 0 Å². The van der Waals surface area contributed by atoms with E-state index in [0.717, 1.165) is 34.3 Å². The Bertz CT molecular complexity index is 1190. The molecule has 28 heavy (non-hydrogen) atoms. The van der Waals surface area contributed by atoms with Gasteiger partial charge in [-0.25, -0.2) is 0 Å². The number of fused-ring (bicyclic) bond motifs is 1. The van der Waals surface area contributed by atoms with E-state index in [-0.39, 0.29) is 0 Å². The van der Waals surface area contributed by atoms with Gasteiger partial charge in [-0.2, -0.15) is 5.10 Å². The number of methoxy groups -OCH3 is 2. The minimum atomic E-state index is 0.565. The summed E-state index contributed by atoms with van der Waals surface area (Å²) < 4.78 is 19.3. The number of nitrogens with zero attached hydrogens (tertiary/aromatic N) is 2. The number of nitrogens with one attached hydrogen (secondary N) is 1. The standard InChI is InChI=1S/C21H21N3O3S/c1-13-15-6-4-5-7-16(15)27-19(13)20-22-23-21(28)24(20)11-10-14-8-9-17(25-2)18(12-14)26-3/h4-9,12H,10-11H2,1-3H3,(H,23,28). The topological polar surface area (TPSA) is 65.2 Å². The molecule has 144 valence electrons. The molecule has 0 saturated carbocycles. The second kappa shape index (κ2) is 7.52. The molecule has 0 atom stereocenters. The van der Waals surface area contributed by atoms with Crippen molar-refractivity contribution in [3.8, 4) is 23.1 Å². The molecule has 0 aliphatic rings. The molecule has 7 heteroatoms. The Balaban J connectivity index is 1.66. The van der Waals surface area contributed by atoms with Gasteiger partial charge in [-0.1, -0.05) is 24.3 Å². The quantitative estimate of drug-likeness (QED) is 0.469. The number of rotatable bonds is 6. The Kier molecular flexibility index (Phi) is 4.92. The van der Waals surface area contributed by atoms with Crippen LogP contribution in [0.5, 0.6) is 11.5 Å². The molecule has 0 aliphatic heterocycles. The second-order valence-corrected chi connectivity index (χ2v) is 6.88. The Hall–Kier alpha value is -3.06. The molecule has 4 rings (SSSR count). The lowest BCUT2D eigenvalue weighted by Gasteiger charge is -2.10.